The molecule has 0 aliphatic heterocycles. The molecule has 3 heterocycles. The maximum atomic E-state index is 9.03. The minimum atomic E-state index is -0.0659. The first kappa shape index (κ1) is 10.9. The fraction of sp³-hybridized carbons (Fsp3) is 0.250. The van der Waals surface area contributed by atoms with Gasteiger partial charge in [-0.3, -0.25) is 4.68 Å². The zero-order chi connectivity index (χ0) is 12.5. The number of aromatic nitrogens is 4. The van der Waals surface area contributed by atoms with Crippen molar-refractivity contribution in [2.24, 2.45) is 0 Å². The Hall–Kier alpha value is -2.21. The third-order valence-corrected chi connectivity index (χ3v) is 2.63. The summed E-state index contributed by atoms with van der Waals surface area (Å²) in [6.07, 6.45) is 1.83. The number of rotatable bonds is 3. The molecule has 0 saturated carbocycles. The molecule has 0 unspecified atom stereocenters. The minimum Gasteiger partial charge on any atom is -0.390 e. The van der Waals surface area contributed by atoms with E-state index in [9.17, 15) is 0 Å². The third kappa shape index (κ3) is 1.98. The highest BCUT2D eigenvalue weighted by Crippen LogP contribution is 2.12. The van der Waals surface area contributed by atoms with Crippen molar-refractivity contribution in [2.45, 2.75) is 20.1 Å². The average Bonchev–Trinajstić information content (AvgIpc) is 2.94. The van der Waals surface area contributed by atoms with E-state index >= 15 is 0 Å². The molecule has 0 bridgehead atoms. The highest BCUT2D eigenvalue weighted by molar-refractivity contribution is 5.73. The highest BCUT2D eigenvalue weighted by atomic mass is 16.5. The second kappa shape index (κ2) is 4.23. The first-order valence-corrected chi connectivity index (χ1v) is 5.61. The van der Waals surface area contributed by atoms with E-state index in [4.69, 9.17) is 9.63 Å². The molecule has 0 fully saturated rings. The van der Waals surface area contributed by atoms with Crippen LogP contribution in [-0.4, -0.2) is 25.0 Å². The molecular formula is C12H12N4O2. The van der Waals surface area contributed by atoms with Crippen molar-refractivity contribution in [3.63, 3.8) is 0 Å². The number of hydrogen-bond acceptors (Lipinski definition) is 5. The Morgan fingerprint density at radius 1 is 1.28 bits per heavy atom. The van der Waals surface area contributed by atoms with Crippen LogP contribution < -0.4 is 0 Å². The largest absolute Gasteiger partial charge is 0.390 e. The normalized spacial score (nSPS) is 11.2. The van der Waals surface area contributed by atoms with Crippen molar-refractivity contribution in [1.82, 2.24) is 19.9 Å². The van der Waals surface area contributed by atoms with Crippen LogP contribution in [0.5, 0.6) is 0 Å². The van der Waals surface area contributed by atoms with Gasteiger partial charge in [0.25, 0.3) is 0 Å². The summed E-state index contributed by atoms with van der Waals surface area (Å²) in [5.41, 5.74) is 3.02. The zero-order valence-corrected chi connectivity index (χ0v) is 9.87. The molecule has 0 aliphatic rings. The first-order chi connectivity index (χ1) is 8.74. The van der Waals surface area contributed by atoms with Crippen molar-refractivity contribution in [3.05, 3.63) is 41.5 Å². The lowest BCUT2D eigenvalue weighted by Gasteiger charge is -1.93. The number of pyridine rings is 1. The van der Waals surface area contributed by atoms with Gasteiger partial charge in [-0.15, -0.1) is 0 Å². The van der Waals surface area contributed by atoms with E-state index < -0.39 is 0 Å². The van der Waals surface area contributed by atoms with Crippen molar-refractivity contribution in [3.8, 4) is 0 Å². The summed E-state index contributed by atoms with van der Waals surface area (Å²) in [4.78, 5) is 4.28. The lowest BCUT2D eigenvalue weighted by atomic mass is 10.3. The predicted molar refractivity (Wildman–Crippen MR) is 63.8 cm³/mol. The van der Waals surface area contributed by atoms with Gasteiger partial charge in [-0.2, -0.15) is 5.10 Å². The van der Waals surface area contributed by atoms with Crippen LogP contribution in [0.3, 0.4) is 0 Å². The van der Waals surface area contributed by atoms with Gasteiger partial charge in [0.15, 0.2) is 0 Å². The van der Waals surface area contributed by atoms with E-state index in [1.54, 1.807) is 10.7 Å². The Labute approximate surface area is 103 Å². The van der Waals surface area contributed by atoms with Gasteiger partial charge in [0.05, 0.1) is 25.0 Å². The predicted octanol–water partition coefficient (Wildman–Crippen LogP) is 1.27. The summed E-state index contributed by atoms with van der Waals surface area (Å²) in [6.45, 7) is 2.33. The molecule has 0 aromatic carbocycles. The van der Waals surface area contributed by atoms with Crippen LogP contribution in [0, 0.1) is 6.92 Å². The molecule has 0 amide bonds. The Kier molecular flexibility index (Phi) is 2.56. The number of aliphatic hydroxyl groups excluding tert-OH is 1. The highest BCUT2D eigenvalue weighted by Gasteiger charge is 2.06. The molecule has 0 saturated heterocycles. The number of fused-ring (bicyclic) bond motifs is 1. The van der Waals surface area contributed by atoms with E-state index in [-0.39, 0.29) is 6.61 Å². The number of aliphatic hydroxyl groups is 1. The maximum Gasteiger partial charge on any atom is 0.133 e. The molecule has 92 valence electrons. The fourth-order valence-corrected chi connectivity index (χ4v) is 1.83. The van der Waals surface area contributed by atoms with Crippen molar-refractivity contribution in [2.75, 3.05) is 0 Å². The number of aryl methyl sites for hydroxylation is 1. The zero-order valence-electron chi connectivity index (χ0n) is 9.87. The van der Waals surface area contributed by atoms with E-state index in [2.05, 4.69) is 15.2 Å². The second-order valence-corrected chi connectivity index (χ2v) is 4.12. The summed E-state index contributed by atoms with van der Waals surface area (Å²) >= 11 is 0. The summed E-state index contributed by atoms with van der Waals surface area (Å²) < 4.78 is 6.77. The number of nitrogens with zero attached hydrogens (tertiary/aromatic N) is 4. The molecule has 6 nitrogen and oxygen atoms in total. The first-order valence-electron chi connectivity index (χ1n) is 5.61. The molecule has 3 aromatic heterocycles. The summed E-state index contributed by atoms with van der Waals surface area (Å²) in [7, 11) is 0. The molecular weight excluding hydrogens is 232 g/mol. The van der Waals surface area contributed by atoms with Gasteiger partial charge in [0, 0.05) is 6.07 Å². The Morgan fingerprint density at radius 3 is 2.89 bits per heavy atom. The molecule has 0 atom stereocenters. The van der Waals surface area contributed by atoms with Crippen molar-refractivity contribution >= 4 is 11.0 Å². The fourth-order valence-electron chi connectivity index (χ4n) is 1.83. The van der Waals surface area contributed by atoms with Crippen LogP contribution in [0.2, 0.25) is 0 Å². The van der Waals surface area contributed by atoms with Gasteiger partial charge in [0.1, 0.15) is 22.5 Å². The van der Waals surface area contributed by atoms with Crippen LogP contribution in [0.25, 0.3) is 11.0 Å². The smallest absolute Gasteiger partial charge is 0.133 e. The lowest BCUT2D eigenvalue weighted by Crippen LogP contribution is -1.99. The summed E-state index contributed by atoms with van der Waals surface area (Å²) in [6, 6.07) is 5.48. The SMILES string of the molecule is Cc1cc(Cn2cc3nc(CO)ccc3n2)no1. The molecule has 6 heteroatoms. The van der Waals surface area contributed by atoms with Gasteiger partial charge >= 0.3 is 0 Å². The second-order valence-electron chi connectivity index (χ2n) is 4.12. The Bertz CT molecular complexity index is 686. The van der Waals surface area contributed by atoms with Crippen LogP contribution in [-0.2, 0) is 13.2 Å². The standard InChI is InChI=1S/C12H12N4O2/c1-8-4-10(15-18-8)5-16-6-12-11(14-16)3-2-9(7-17)13-12/h2-4,6,17H,5,7H2,1H3. The molecule has 3 rings (SSSR count). The quantitative estimate of drug-likeness (QED) is 0.750. The molecule has 0 spiro atoms. The summed E-state index contributed by atoms with van der Waals surface area (Å²) in [5, 5.41) is 17.3. The van der Waals surface area contributed by atoms with Crippen LogP contribution in [0.4, 0.5) is 0 Å². The molecule has 0 aliphatic carbocycles. The monoisotopic (exact) mass is 244 g/mol. The minimum absolute atomic E-state index is 0.0659. The van der Waals surface area contributed by atoms with E-state index in [0.29, 0.717) is 12.2 Å². The van der Waals surface area contributed by atoms with E-state index in [1.165, 1.54) is 0 Å². The van der Waals surface area contributed by atoms with E-state index in [1.807, 2.05) is 25.3 Å². The molecule has 1 N–H and O–H groups in total. The van der Waals surface area contributed by atoms with Gasteiger partial charge in [-0.05, 0) is 19.1 Å². The Balaban J connectivity index is 1.93. The van der Waals surface area contributed by atoms with E-state index in [0.717, 1.165) is 22.5 Å². The van der Waals surface area contributed by atoms with Crippen LogP contribution >= 0.6 is 0 Å². The topological polar surface area (TPSA) is 77.0 Å². The maximum absolute atomic E-state index is 9.03. The number of hydrogen-bond donors (Lipinski definition) is 1. The van der Waals surface area contributed by atoms with Gasteiger partial charge in [-0.25, -0.2) is 4.98 Å². The van der Waals surface area contributed by atoms with Crippen molar-refractivity contribution < 1.29 is 9.63 Å². The molecule has 0 radical (unpaired) electrons. The molecule has 18 heavy (non-hydrogen) atoms. The van der Waals surface area contributed by atoms with Gasteiger partial charge in [-0.1, -0.05) is 5.16 Å². The van der Waals surface area contributed by atoms with Gasteiger partial charge in [0.2, 0.25) is 0 Å². The van der Waals surface area contributed by atoms with Gasteiger partial charge < -0.3 is 9.63 Å². The summed E-state index contributed by atoms with van der Waals surface area (Å²) in [5.74, 6) is 0.780. The lowest BCUT2D eigenvalue weighted by molar-refractivity contribution is 0.277. The van der Waals surface area contributed by atoms with Crippen LogP contribution in [0.1, 0.15) is 17.1 Å². The third-order valence-electron chi connectivity index (χ3n) is 2.63. The Morgan fingerprint density at radius 2 is 2.17 bits per heavy atom. The van der Waals surface area contributed by atoms with Crippen molar-refractivity contribution in [1.29, 1.82) is 0 Å². The average molecular weight is 244 g/mol. The molecule has 3 aromatic rings. The van der Waals surface area contributed by atoms with Crippen LogP contribution in [0.15, 0.2) is 28.9 Å².